The molecule has 5 heteroatoms. The monoisotopic (exact) mass is 1030 g/mol. The largest absolute Gasteiger partial charge is 0.468 e. The first kappa shape index (κ1) is 49.3. The van der Waals surface area contributed by atoms with E-state index in [1.807, 2.05) is 11.3 Å². The summed E-state index contributed by atoms with van der Waals surface area (Å²) in [5.41, 5.74) is 26.2. The Morgan fingerprint density at radius 1 is 0.481 bits per heavy atom. The van der Waals surface area contributed by atoms with E-state index in [-0.39, 0.29) is 39.2 Å². The van der Waals surface area contributed by atoms with Crippen molar-refractivity contribution in [3.05, 3.63) is 160 Å². The van der Waals surface area contributed by atoms with Gasteiger partial charge in [-0.25, -0.2) is 0 Å². The normalized spacial score (nSPS) is 19.7. The molecule has 0 bridgehead atoms. The zero-order valence-corrected chi connectivity index (χ0v) is 49.4. The van der Waals surface area contributed by atoms with Gasteiger partial charge in [-0.05, 0) is 218 Å². The molecule has 0 unspecified atom stereocenters. The first-order valence-electron chi connectivity index (χ1n) is 29.1. The number of benzene rings is 7. The van der Waals surface area contributed by atoms with E-state index in [0.717, 1.165) is 43.3 Å². The Bertz CT molecular complexity index is 4010. The van der Waals surface area contributed by atoms with E-state index < -0.39 is 0 Å². The lowest BCUT2D eigenvalue weighted by Gasteiger charge is -2.46. The van der Waals surface area contributed by atoms with Gasteiger partial charge in [0.1, 0.15) is 5.58 Å². The Morgan fingerprint density at radius 3 is 1.68 bits per heavy atom. The molecule has 0 saturated heterocycles. The second-order valence-corrected chi connectivity index (χ2v) is 29.8. The summed E-state index contributed by atoms with van der Waals surface area (Å²) in [4.78, 5) is 5.39. The number of fused-ring (bicyclic) bond motifs is 12. The maximum Gasteiger partial charge on any atom is 0.297 e. The number of nitrogens with zero attached hydrogens (tertiary/aromatic N) is 2. The van der Waals surface area contributed by atoms with E-state index in [9.17, 15) is 0 Å². The summed E-state index contributed by atoms with van der Waals surface area (Å²) in [6.45, 7) is 36.4. The van der Waals surface area contributed by atoms with Crippen LogP contribution in [0.15, 0.2) is 120 Å². The van der Waals surface area contributed by atoms with Crippen LogP contribution in [0.2, 0.25) is 0 Å². The molecule has 4 heterocycles. The van der Waals surface area contributed by atoms with Crippen molar-refractivity contribution in [2.24, 2.45) is 0 Å². The second-order valence-electron chi connectivity index (χ2n) is 28.8. The molecule has 14 rings (SSSR count). The van der Waals surface area contributed by atoms with Gasteiger partial charge in [0.25, 0.3) is 6.71 Å². The fourth-order valence-electron chi connectivity index (χ4n) is 15.2. The van der Waals surface area contributed by atoms with E-state index in [2.05, 4.69) is 229 Å². The summed E-state index contributed by atoms with van der Waals surface area (Å²) < 4.78 is 10.5. The summed E-state index contributed by atoms with van der Waals surface area (Å²) in [5, 5.41) is 3.89. The Labute approximate surface area is 463 Å². The lowest BCUT2D eigenvalue weighted by molar-refractivity contribution is 0.332. The molecule has 7 aromatic carbocycles. The van der Waals surface area contributed by atoms with Gasteiger partial charge in [0.05, 0.1) is 17.0 Å². The van der Waals surface area contributed by atoms with E-state index in [0.29, 0.717) is 5.92 Å². The first-order chi connectivity index (χ1) is 36.3. The van der Waals surface area contributed by atoms with Gasteiger partial charge < -0.3 is 14.2 Å². The highest BCUT2D eigenvalue weighted by Gasteiger charge is 2.50. The van der Waals surface area contributed by atoms with Crippen LogP contribution in [0.25, 0.3) is 42.3 Å². The van der Waals surface area contributed by atoms with E-state index in [1.54, 1.807) is 0 Å². The van der Waals surface area contributed by atoms with Crippen LogP contribution in [-0.4, -0.2) is 6.71 Å². The minimum Gasteiger partial charge on any atom is -0.468 e. The highest BCUT2D eigenvalue weighted by Crippen LogP contribution is 2.57. The van der Waals surface area contributed by atoms with Crippen LogP contribution >= 0.6 is 11.3 Å². The Kier molecular flexibility index (Phi) is 10.3. The fourth-order valence-corrected chi connectivity index (χ4v) is 16.3. The quantitative estimate of drug-likeness (QED) is 0.164. The lowest BCUT2D eigenvalue weighted by Crippen LogP contribution is -2.61. The van der Waals surface area contributed by atoms with E-state index >= 15 is 0 Å². The van der Waals surface area contributed by atoms with Crippen LogP contribution in [0, 0.1) is 6.92 Å². The molecule has 0 fully saturated rings. The molecule has 0 N–H and O–H groups in total. The van der Waals surface area contributed by atoms with Crippen LogP contribution in [0.4, 0.5) is 34.1 Å². The molecule has 0 saturated carbocycles. The molecule has 2 aliphatic heterocycles. The number of anilines is 6. The highest BCUT2D eigenvalue weighted by atomic mass is 32.1. The fraction of sp³-hybridized carbons (Fsp3) is 0.389. The van der Waals surface area contributed by atoms with Crippen molar-refractivity contribution in [2.75, 3.05) is 9.80 Å². The topological polar surface area (TPSA) is 19.6 Å². The maximum absolute atomic E-state index is 7.81. The third kappa shape index (κ3) is 7.13. The van der Waals surface area contributed by atoms with Crippen molar-refractivity contribution in [1.29, 1.82) is 0 Å². The zero-order valence-electron chi connectivity index (χ0n) is 48.6. The second kappa shape index (κ2) is 16.1. The van der Waals surface area contributed by atoms with Crippen molar-refractivity contribution in [3.8, 4) is 11.1 Å². The molecule has 0 spiro atoms. The number of rotatable bonds is 4. The minimum absolute atomic E-state index is 0.000168. The third-order valence-corrected chi connectivity index (χ3v) is 21.6. The van der Waals surface area contributed by atoms with Gasteiger partial charge in [-0.2, -0.15) is 0 Å². The van der Waals surface area contributed by atoms with Crippen molar-refractivity contribution in [3.63, 3.8) is 0 Å². The Hall–Kier alpha value is -6.04. The van der Waals surface area contributed by atoms with Crippen molar-refractivity contribution < 1.29 is 4.42 Å². The van der Waals surface area contributed by atoms with Gasteiger partial charge >= 0.3 is 0 Å². The molecular weight excluding hydrogens is 952 g/mol. The predicted octanol–water partition coefficient (Wildman–Crippen LogP) is 19.0. The molecule has 0 atom stereocenters. The van der Waals surface area contributed by atoms with Crippen molar-refractivity contribution >= 4 is 99.9 Å². The minimum atomic E-state index is -0.162. The number of aryl methyl sites for hydroxylation is 1. The predicted molar refractivity (Wildman–Crippen MR) is 333 cm³/mol. The average molecular weight is 1030 g/mol. The van der Waals surface area contributed by atoms with E-state index in [1.165, 1.54) is 133 Å². The summed E-state index contributed by atoms with van der Waals surface area (Å²) >= 11 is 1.94. The van der Waals surface area contributed by atoms with Crippen LogP contribution < -0.4 is 26.4 Å². The van der Waals surface area contributed by atoms with Gasteiger partial charge in [-0.1, -0.05) is 139 Å². The summed E-state index contributed by atoms with van der Waals surface area (Å²) in [5.74, 6) is 0.430. The average Bonchev–Trinajstić information content (AvgIpc) is 4.18. The van der Waals surface area contributed by atoms with Gasteiger partial charge in [0.15, 0.2) is 0 Å². The molecule has 3 aliphatic carbocycles. The van der Waals surface area contributed by atoms with Gasteiger partial charge in [-0.3, -0.25) is 0 Å². The number of hydrogen-bond acceptors (Lipinski definition) is 4. The van der Waals surface area contributed by atoms with Gasteiger partial charge in [-0.15, -0.1) is 11.3 Å². The number of furan rings is 1. The van der Waals surface area contributed by atoms with Crippen LogP contribution in [0.1, 0.15) is 186 Å². The third-order valence-electron chi connectivity index (χ3n) is 20.4. The van der Waals surface area contributed by atoms with Crippen LogP contribution in [0.3, 0.4) is 0 Å². The highest BCUT2D eigenvalue weighted by molar-refractivity contribution is 7.26. The molecular formula is C72H77BN2OS. The smallest absolute Gasteiger partial charge is 0.297 e. The summed E-state index contributed by atoms with van der Waals surface area (Å²) in [6, 6.07) is 46.5. The summed E-state index contributed by atoms with van der Waals surface area (Å²) in [7, 11) is 0. The van der Waals surface area contributed by atoms with Gasteiger partial charge in [0, 0.05) is 53.9 Å². The number of hydrogen-bond donors (Lipinski definition) is 0. The van der Waals surface area contributed by atoms with Crippen LogP contribution in [0.5, 0.6) is 0 Å². The maximum atomic E-state index is 7.81. The first-order valence-corrected chi connectivity index (χ1v) is 29.9. The molecule has 5 aliphatic rings. The molecule has 390 valence electrons. The Balaban J connectivity index is 1.14. The van der Waals surface area contributed by atoms with E-state index in [4.69, 9.17) is 4.42 Å². The number of thiophene rings is 1. The molecule has 77 heavy (non-hydrogen) atoms. The van der Waals surface area contributed by atoms with Crippen molar-refractivity contribution in [1.82, 2.24) is 0 Å². The lowest BCUT2D eigenvalue weighted by atomic mass is 9.35. The van der Waals surface area contributed by atoms with Crippen LogP contribution in [-0.2, 0) is 32.5 Å². The molecule has 0 radical (unpaired) electrons. The Morgan fingerprint density at radius 2 is 1.04 bits per heavy atom. The molecule has 2 aromatic heterocycles. The molecule has 3 nitrogen and oxygen atoms in total. The zero-order chi connectivity index (χ0) is 53.8. The SMILES string of the molecule is Cc1cc2c3c(c1)N(c1ccc4c(c1)C(C)(C)CCC4(C)C)c1c(oc4cc5c(cc14)C(C)(C)CCC5(C)C)B3c1cc3sc4ccc(C(C)C)cc4c3cc1N2c1cc2c(cc1-c1ccccc1)C(C)(C)CCC2(C)C. The molecule has 0 amide bonds. The summed E-state index contributed by atoms with van der Waals surface area (Å²) in [6.07, 6.45) is 6.95. The van der Waals surface area contributed by atoms with Crippen molar-refractivity contribution in [2.45, 2.75) is 181 Å². The van der Waals surface area contributed by atoms with Gasteiger partial charge in [0.2, 0.25) is 0 Å². The molecule has 9 aromatic rings. The standard InChI is InChI=1S/C72H77BN2OS/c1-41(2)44-21-24-62-47(33-44)48-37-58-56(40-63(48)77-62)73-64-59(31-42(3)32-60(64)75(58)57-38-54-52(69(8,9)27-29-71(54,12)13)35-46(57)43-19-17-16-18-20-43)74(45-22-23-50-51(34-45)68(6,7)26-25-67(50,4)5)65-49-36-53-55(39-61(49)76-66(65)73)72(14,15)30-28-70(53,10)11/h16-24,31-41H,25-30H2,1-15H3.